The normalized spacial score (nSPS) is 18.6. The van der Waals surface area contributed by atoms with Crippen molar-refractivity contribution in [2.75, 3.05) is 61.6 Å². The minimum Gasteiger partial charge on any atom is -0.497 e. The van der Waals surface area contributed by atoms with E-state index in [9.17, 15) is 9.59 Å². The summed E-state index contributed by atoms with van der Waals surface area (Å²) in [6.07, 6.45) is -0.815. The van der Waals surface area contributed by atoms with Crippen LogP contribution in [0.25, 0.3) is 0 Å². The molecule has 0 fully saturated rings. The monoisotopic (exact) mass is 895 g/mol. The summed E-state index contributed by atoms with van der Waals surface area (Å²) in [4.78, 5) is 79.0. The molecule has 14 heteroatoms. The van der Waals surface area contributed by atoms with E-state index in [1.54, 1.807) is 58.9 Å². The molecule has 14 nitrogen and oxygen atoms in total. The Morgan fingerprint density at radius 2 is 1.24 bits per heavy atom. The van der Waals surface area contributed by atoms with Crippen molar-refractivity contribution in [2.45, 2.75) is 53.3 Å². The van der Waals surface area contributed by atoms with Crippen molar-refractivity contribution in [3.8, 4) is 11.5 Å². The molecule has 7 rings (SSSR count). The van der Waals surface area contributed by atoms with Crippen LogP contribution in [0.4, 0.5) is 38.9 Å². The molecule has 344 valence electrons. The van der Waals surface area contributed by atoms with Gasteiger partial charge in [-0.2, -0.15) is 0 Å². The van der Waals surface area contributed by atoms with Gasteiger partial charge in [-0.15, -0.1) is 0 Å². The molecule has 5 aromatic rings. The fourth-order valence-corrected chi connectivity index (χ4v) is 8.62. The lowest BCUT2D eigenvalue weighted by Gasteiger charge is -2.42. The van der Waals surface area contributed by atoms with Crippen LogP contribution in [0, 0.1) is 10.8 Å². The second-order valence-electron chi connectivity index (χ2n) is 18.5. The first-order valence-electron chi connectivity index (χ1n) is 22.0. The summed E-state index contributed by atoms with van der Waals surface area (Å²) in [6.45, 7) is 7.92. The van der Waals surface area contributed by atoms with Crippen LogP contribution in [0.2, 0.25) is 0 Å². The molecule has 3 N–H and O–H groups in total. The number of carbonyl (C=O) groups is 5. The van der Waals surface area contributed by atoms with Gasteiger partial charge in [0.1, 0.15) is 42.4 Å². The molecule has 3 unspecified atom stereocenters. The summed E-state index contributed by atoms with van der Waals surface area (Å²) in [7, 11) is 3.04. The second kappa shape index (κ2) is 19.2. The minimum absolute atomic E-state index is 0.00542. The molecular formula is C52H59N6O8+. The largest absolute Gasteiger partial charge is 0.497 e. The third-order valence-corrected chi connectivity index (χ3v) is 12.4. The average Bonchev–Trinajstić information content (AvgIpc) is 3.47. The Balaban J connectivity index is 1.32. The molecule has 2 aliphatic rings. The van der Waals surface area contributed by atoms with Gasteiger partial charge in [-0.25, -0.2) is 14.1 Å². The van der Waals surface area contributed by atoms with E-state index in [1.807, 2.05) is 113 Å². The lowest BCUT2D eigenvalue weighted by molar-refractivity contribution is -0.141. The Morgan fingerprint density at radius 3 is 1.82 bits per heavy atom. The van der Waals surface area contributed by atoms with Crippen molar-refractivity contribution in [1.29, 1.82) is 0 Å². The van der Waals surface area contributed by atoms with Gasteiger partial charge < -0.3 is 40.0 Å². The first-order valence-corrected chi connectivity index (χ1v) is 22.0. The van der Waals surface area contributed by atoms with Crippen LogP contribution in [0.3, 0.4) is 0 Å². The number of alkyl carbamates (subject to hydrolysis) is 1. The zero-order valence-electron chi connectivity index (χ0n) is 38.7. The molecule has 0 saturated heterocycles. The first-order chi connectivity index (χ1) is 31.4. The highest BCUT2D eigenvalue weighted by atomic mass is 16.5. The maximum atomic E-state index is 15.4. The molecule has 2 aliphatic heterocycles. The van der Waals surface area contributed by atoms with Gasteiger partial charge in [0.05, 0.1) is 50.6 Å². The van der Waals surface area contributed by atoms with Crippen LogP contribution in [-0.4, -0.2) is 88.5 Å². The molecule has 2 heterocycles. The number of amides is 3. The Labute approximate surface area is 386 Å². The van der Waals surface area contributed by atoms with Crippen molar-refractivity contribution in [1.82, 2.24) is 9.80 Å². The molecular weight excluding hydrogens is 837 g/mol. The van der Waals surface area contributed by atoms with E-state index in [0.29, 0.717) is 34.2 Å². The van der Waals surface area contributed by atoms with Gasteiger partial charge >= 0.3 is 12.0 Å². The number of rotatable bonds is 14. The van der Waals surface area contributed by atoms with E-state index in [-0.39, 0.29) is 38.6 Å². The lowest BCUT2D eigenvalue weighted by atomic mass is 9.83. The number of benzene rings is 5. The quantitative estimate of drug-likeness (QED) is 0.105. The Kier molecular flexibility index (Phi) is 13.7. The predicted octanol–water partition coefficient (Wildman–Crippen LogP) is 7.71. The minimum atomic E-state index is -1.40. The van der Waals surface area contributed by atoms with Gasteiger partial charge in [0.2, 0.25) is 0 Å². The number of ether oxygens (including phenoxy) is 3. The molecule has 0 aliphatic carbocycles. The van der Waals surface area contributed by atoms with Crippen molar-refractivity contribution >= 4 is 63.6 Å². The van der Waals surface area contributed by atoms with E-state index >= 15 is 14.4 Å². The summed E-state index contributed by atoms with van der Waals surface area (Å²) in [6, 6.07) is 36.5. The number of quaternary nitrogens is 1. The van der Waals surface area contributed by atoms with Crippen LogP contribution < -0.4 is 39.7 Å². The number of anilines is 5. The smallest absolute Gasteiger partial charge is 0.408 e. The van der Waals surface area contributed by atoms with Crippen LogP contribution >= 0.6 is 0 Å². The highest BCUT2D eigenvalue weighted by molar-refractivity contribution is 6.09. The van der Waals surface area contributed by atoms with Crippen molar-refractivity contribution < 1.29 is 38.2 Å². The van der Waals surface area contributed by atoms with Crippen LogP contribution in [0.5, 0.6) is 11.5 Å². The van der Waals surface area contributed by atoms with Crippen LogP contribution in [0.1, 0.15) is 40.2 Å². The fraction of sp³-hybridized carbons (Fsp3) is 0.327. The topological polar surface area (TPSA) is 161 Å². The van der Waals surface area contributed by atoms with Gasteiger partial charge in [0.25, 0.3) is 5.91 Å². The Hall–Kier alpha value is -7.03. The number of methoxy groups -OCH3 is 2. The number of hydrogen-bond donors (Lipinski definition) is 2. The highest BCUT2D eigenvalue weighted by Crippen LogP contribution is 2.46. The van der Waals surface area contributed by atoms with E-state index in [0.717, 1.165) is 16.9 Å². The zero-order chi connectivity index (χ0) is 47.4. The van der Waals surface area contributed by atoms with Gasteiger partial charge in [0.15, 0.2) is 23.8 Å². The molecule has 5 aromatic carbocycles. The predicted molar refractivity (Wildman–Crippen MR) is 257 cm³/mol. The second-order valence-corrected chi connectivity index (χ2v) is 18.5. The third kappa shape index (κ3) is 9.80. The Bertz CT molecular complexity index is 2580. The van der Waals surface area contributed by atoms with Crippen LogP contribution in [-0.2, 0) is 30.5 Å². The Morgan fingerprint density at radius 1 is 0.697 bits per heavy atom. The maximum Gasteiger partial charge on any atom is 0.408 e. The summed E-state index contributed by atoms with van der Waals surface area (Å²) in [5.74, 6) is -0.770. The first kappa shape index (κ1) is 46.9. The third-order valence-electron chi connectivity index (χ3n) is 12.4. The summed E-state index contributed by atoms with van der Waals surface area (Å²) in [5.41, 5.74) is 8.94. The van der Waals surface area contributed by atoms with E-state index in [2.05, 4.69) is 5.32 Å². The number of nitrogens with two attached hydrogens (primary N) is 1. The number of carbonyl (C=O) groups excluding carboxylic acids is 5. The summed E-state index contributed by atoms with van der Waals surface area (Å²) >= 11 is 0. The number of hydrogen-bond acceptors (Lipinski definition) is 11. The molecule has 0 bridgehead atoms. The number of nitrogens with zero attached hydrogens (tertiary/aromatic N) is 4. The van der Waals surface area contributed by atoms with Gasteiger partial charge in [0, 0.05) is 28.9 Å². The number of Topliss-reactive ketones (excluding diaryl/α,β-unsaturated/α-hetero) is 2. The zero-order valence-corrected chi connectivity index (χ0v) is 38.7. The molecule has 3 amide bonds. The van der Waals surface area contributed by atoms with Crippen molar-refractivity contribution in [3.63, 3.8) is 0 Å². The van der Waals surface area contributed by atoms with Crippen molar-refractivity contribution in [3.05, 3.63) is 133 Å². The fourth-order valence-electron chi connectivity index (χ4n) is 8.62. The summed E-state index contributed by atoms with van der Waals surface area (Å²) < 4.78 is 16.4. The SMILES string of the molecule is COc1ccc2c(c1)N(CC(=O)C(C)(C)C[N+]1(CC(=O)C(C)(C)C)C(=O)C(N)CN(c3ccccc3)c3ccc(OC)cc31)C(=O)C(NC(=O)OCc1ccccc1)CN2c1ccccc1. The molecule has 0 spiro atoms. The van der Waals surface area contributed by atoms with E-state index < -0.39 is 57.6 Å². The molecule has 0 saturated carbocycles. The lowest BCUT2D eigenvalue weighted by Crippen LogP contribution is -2.67. The highest BCUT2D eigenvalue weighted by Gasteiger charge is 2.54. The summed E-state index contributed by atoms with van der Waals surface area (Å²) in [5, 5.41) is 2.80. The number of para-hydroxylation sites is 2. The number of fused-ring (bicyclic) bond motifs is 2. The molecule has 0 radical (unpaired) electrons. The average molecular weight is 896 g/mol. The van der Waals surface area contributed by atoms with E-state index in [4.69, 9.17) is 19.9 Å². The molecule has 66 heavy (non-hydrogen) atoms. The number of ketones is 2. The maximum absolute atomic E-state index is 15.4. The van der Waals surface area contributed by atoms with Crippen LogP contribution in [0.15, 0.2) is 127 Å². The van der Waals surface area contributed by atoms with Gasteiger partial charge in [-0.1, -0.05) is 87.5 Å². The van der Waals surface area contributed by atoms with Gasteiger partial charge in [-0.05, 0) is 67.9 Å². The standard InChI is InChI=1S/C52H58N6O8/c1-51(2,3)47(60)32-58(45-28-39(65-7)24-26-43(45)55(29-40(53)49(58)62)36-19-13-9-14-20-36)34-52(4,5)46(59)31-57-44-27-38(64-6)23-25-42(44)56(37-21-15-10-16-22-37)30-41(48(57)61)54-50(63)66-33-35-17-11-8-12-18-35/h8-28,40-41H,29-34,53H2,1-7H3/p+1. The molecule has 0 aromatic heterocycles. The van der Waals surface area contributed by atoms with Gasteiger partial charge in [-0.3, -0.25) is 14.4 Å². The molecule has 3 atom stereocenters. The van der Waals surface area contributed by atoms with Crippen molar-refractivity contribution in [2.24, 2.45) is 16.6 Å². The van der Waals surface area contributed by atoms with E-state index in [1.165, 1.54) is 19.1 Å². The number of nitrogens with one attached hydrogen (secondary N) is 1.